The van der Waals surface area contributed by atoms with Crippen molar-refractivity contribution in [2.75, 3.05) is 19.7 Å². The molecule has 0 atom stereocenters. The molecule has 5 heteroatoms. The van der Waals surface area contributed by atoms with E-state index in [0.717, 1.165) is 31.5 Å². The molecular formula is C15H21ClN2O2. The maximum absolute atomic E-state index is 12.1. The Morgan fingerprint density at radius 2 is 1.95 bits per heavy atom. The third-order valence-corrected chi connectivity index (χ3v) is 3.92. The van der Waals surface area contributed by atoms with E-state index in [1.165, 1.54) is 12.8 Å². The van der Waals surface area contributed by atoms with E-state index in [2.05, 4.69) is 0 Å². The fourth-order valence-electron chi connectivity index (χ4n) is 2.34. The van der Waals surface area contributed by atoms with Crippen LogP contribution in [-0.2, 0) is 11.3 Å². The third-order valence-electron chi connectivity index (χ3n) is 3.57. The fraction of sp³-hybridized carbons (Fsp3) is 0.533. The molecule has 20 heavy (non-hydrogen) atoms. The maximum Gasteiger partial charge on any atom is 0.260 e. The predicted octanol–water partition coefficient (Wildman–Crippen LogP) is 2.58. The normalized spacial score (nSPS) is 15.8. The van der Waals surface area contributed by atoms with Crippen LogP contribution in [-0.4, -0.2) is 30.5 Å². The summed E-state index contributed by atoms with van der Waals surface area (Å²) in [6, 6.07) is 5.33. The molecule has 0 saturated carbocycles. The van der Waals surface area contributed by atoms with E-state index < -0.39 is 0 Å². The molecule has 1 aromatic carbocycles. The zero-order valence-electron chi connectivity index (χ0n) is 11.6. The highest BCUT2D eigenvalue weighted by molar-refractivity contribution is 6.31. The molecule has 0 radical (unpaired) electrons. The highest BCUT2D eigenvalue weighted by Gasteiger charge is 2.16. The average molecular weight is 297 g/mol. The molecule has 110 valence electrons. The lowest BCUT2D eigenvalue weighted by Gasteiger charge is -2.20. The van der Waals surface area contributed by atoms with Crippen LogP contribution in [0, 0.1) is 0 Å². The van der Waals surface area contributed by atoms with Crippen LogP contribution >= 0.6 is 11.6 Å². The molecule has 0 aromatic heterocycles. The molecule has 1 saturated heterocycles. The van der Waals surface area contributed by atoms with Gasteiger partial charge in [-0.25, -0.2) is 0 Å². The second kappa shape index (κ2) is 7.50. The average Bonchev–Trinajstić information content (AvgIpc) is 2.74. The first kappa shape index (κ1) is 15.1. The molecule has 2 rings (SSSR count). The quantitative estimate of drug-likeness (QED) is 0.929. The van der Waals surface area contributed by atoms with Crippen LogP contribution in [0.2, 0.25) is 5.02 Å². The highest BCUT2D eigenvalue weighted by Crippen LogP contribution is 2.22. The van der Waals surface area contributed by atoms with Crippen LogP contribution in [0.25, 0.3) is 0 Å². The van der Waals surface area contributed by atoms with E-state index in [0.29, 0.717) is 17.3 Å². The van der Waals surface area contributed by atoms with Gasteiger partial charge in [0.15, 0.2) is 6.61 Å². The van der Waals surface area contributed by atoms with Crippen LogP contribution in [0.4, 0.5) is 0 Å². The predicted molar refractivity (Wildman–Crippen MR) is 79.9 cm³/mol. The second-order valence-corrected chi connectivity index (χ2v) is 5.45. The Morgan fingerprint density at radius 3 is 2.55 bits per heavy atom. The van der Waals surface area contributed by atoms with Crippen LogP contribution in [0.5, 0.6) is 5.75 Å². The molecule has 0 spiro atoms. The van der Waals surface area contributed by atoms with E-state index in [-0.39, 0.29) is 12.5 Å². The lowest BCUT2D eigenvalue weighted by molar-refractivity contribution is -0.133. The summed E-state index contributed by atoms with van der Waals surface area (Å²) in [5.41, 5.74) is 6.42. The van der Waals surface area contributed by atoms with Crippen molar-refractivity contribution in [3.63, 3.8) is 0 Å². The number of carbonyl (C=O) groups is 1. The third kappa shape index (κ3) is 4.12. The van der Waals surface area contributed by atoms with Gasteiger partial charge in [0.25, 0.3) is 5.91 Å². The summed E-state index contributed by atoms with van der Waals surface area (Å²) in [5, 5.41) is 0.576. The molecule has 0 aliphatic carbocycles. The molecule has 0 bridgehead atoms. The largest absolute Gasteiger partial charge is 0.484 e. The number of carbonyl (C=O) groups excluding carboxylic acids is 1. The number of amides is 1. The van der Waals surface area contributed by atoms with Crippen LogP contribution in [0.1, 0.15) is 31.2 Å². The van der Waals surface area contributed by atoms with E-state index in [1.54, 1.807) is 12.1 Å². The van der Waals surface area contributed by atoms with E-state index >= 15 is 0 Å². The summed E-state index contributed by atoms with van der Waals surface area (Å²) < 4.78 is 5.53. The van der Waals surface area contributed by atoms with Gasteiger partial charge in [0, 0.05) is 24.7 Å². The van der Waals surface area contributed by atoms with Crippen molar-refractivity contribution in [2.45, 2.75) is 32.2 Å². The Balaban J connectivity index is 1.87. The summed E-state index contributed by atoms with van der Waals surface area (Å²) in [7, 11) is 0. The van der Waals surface area contributed by atoms with Gasteiger partial charge in [0.2, 0.25) is 0 Å². The van der Waals surface area contributed by atoms with Crippen LogP contribution in [0.3, 0.4) is 0 Å². The molecule has 1 aromatic rings. The Labute approximate surface area is 124 Å². The number of rotatable bonds is 4. The van der Waals surface area contributed by atoms with Gasteiger partial charge >= 0.3 is 0 Å². The van der Waals surface area contributed by atoms with Gasteiger partial charge in [-0.2, -0.15) is 0 Å². The number of nitrogens with two attached hydrogens (primary N) is 1. The lowest BCUT2D eigenvalue weighted by Crippen LogP contribution is -2.35. The summed E-state index contributed by atoms with van der Waals surface area (Å²) >= 11 is 6.06. The van der Waals surface area contributed by atoms with Gasteiger partial charge < -0.3 is 15.4 Å². The summed E-state index contributed by atoms with van der Waals surface area (Å²) in [6.07, 6.45) is 4.59. The van der Waals surface area contributed by atoms with Crippen molar-refractivity contribution in [1.82, 2.24) is 4.90 Å². The zero-order valence-corrected chi connectivity index (χ0v) is 12.4. The van der Waals surface area contributed by atoms with Crippen molar-refractivity contribution in [1.29, 1.82) is 0 Å². The molecular weight excluding hydrogens is 276 g/mol. The number of hydrogen-bond donors (Lipinski definition) is 1. The van der Waals surface area contributed by atoms with Gasteiger partial charge in [0.05, 0.1) is 0 Å². The topological polar surface area (TPSA) is 55.6 Å². The van der Waals surface area contributed by atoms with Crippen LogP contribution < -0.4 is 10.5 Å². The van der Waals surface area contributed by atoms with Crippen LogP contribution in [0.15, 0.2) is 18.2 Å². The van der Waals surface area contributed by atoms with Crippen molar-refractivity contribution in [2.24, 2.45) is 5.73 Å². The number of benzene rings is 1. The molecule has 1 amide bonds. The minimum absolute atomic E-state index is 0.0472. The fourth-order valence-corrected chi connectivity index (χ4v) is 2.59. The van der Waals surface area contributed by atoms with Crippen molar-refractivity contribution in [3.05, 3.63) is 28.8 Å². The minimum atomic E-state index is 0.0472. The number of hydrogen-bond acceptors (Lipinski definition) is 3. The van der Waals surface area contributed by atoms with Crippen molar-refractivity contribution >= 4 is 17.5 Å². The summed E-state index contributed by atoms with van der Waals surface area (Å²) in [5.74, 6) is 0.654. The highest BCUT2D eigenvalue weighted by atomic mass is 35.5. The first-order valence-electron chi connectivity index (χ1n) is 7.10. The number of nitrogens with zero attached hydrogens (tertiary/aromatic N) is 1. The Kier molecular flexibility index (Phi) is 5.68. The monoisotopic (exact) mass is 296 g/mol. The molecule has 1 aliphatic rings. The lowest BCUT2D eigenvalue weighted by atomic mass is 10.2. The van der Waals surface area contributed by atoms with Gasteiger partial charge in [-0.3, -0.25) is 4.79 Å². The van der Waals surface area contributed by atoms with E-state index in [1.807, 2.05) is 11.0 Å². The van der Waals surface area contributed by atoms with Gasteiger partial charge in [-0.15, -0.1) is 0 Å². The minimum Gasteiger partial charge on any atom is -0.484 e. The number of ether oxygens (including phenoxy) is 1. The second-order valence-electron chi connectivity index (χ2n) is 5.04. The molecule has 1 heterocycles. The summed E-state index contributed by atoms with van der Waals surface area (Å²) in [4.78, 5) is 14.0. The van der Waals surface area contributed by atoms with Gasteiger partial charge in [-0.1, -0.05) is 30.5 Å². The van der Waals surface area contributed by atoms with Crippen molar-refractivity contribution < 1.29 is 9.53 Å². The first-order valence-corrected chi connectivity index (χ1v) is 7.47. The Hall–Kier alpha value is -1.26. The first-order chi connectivity index (χ1) is 9.70. The van der Waals surface area contributed by atoms with Gasteiger partial charge in [0.1, 0.15) is 5.75 Å². The number of halogens is 1. The zero-order chi connectivity index (χ0) is 14.4. The van der Waals surface area contributed by atoms with E-state index in [4.69, 9.17) is 22.1 Å². The summed E-state index contributed by atoms with van der Waals surface area (Å²) in [6.45, 7) is 2.15. The Morgan fingerprint density at radius 1 is 1.25 bits per heavy atom. The van der Waals surface area contributed by atoms with Crippen molar-refractivity contribution in [3.8, 4) is 5.75 Å². The smallest absolute Gasteiger partial charge is 0.260 e. The SMILES string of the molecule is NCc1ccc(OCC(=O)N2CCCCCC2)cc1Cl. The van der Waals surface area contributed by atoms with E-state index in [9.17, 15) is 4.79 Å². The molecule has 1 fully saturated rings. The molecule has 0 unspecified atom stereocenters. The molecule has 2 N–H and O–H groups in total. The Bertz CT molecular complexity index is 457. The number of likely N-dealkylation sites (tertiary alicyclic amines) is 1. The maximum atomic E-state index is 12.1. The standard InChI is InChI=1S/C15H21ClN2O2/c16-14-9-13(6-5-12(14)10-17)20-11-15(19)18-7-3-1-2-4-8-18/h5-6,9H,1-4,7-8,10-11,17H2. The molecule has 4 nitrogen and oxygen atoms in total. The molecule has 1 aliphatic heterocycles. The van der Waals surface area contributed by atoms with Gasteiger partial charge in [-0.05, 0) is 30.5 Å².